The van der Waals surface area contributed by atoms with Crippen molar-refractivity contribution in [2.24, 2.45) is 0 Å². The molecule has 0 N–H and O–H groups in total. The van der Waals surface area contributed by atoms with Gasteiger partial charge in [0.15, 0.2) is 0 Å². The molecule has 1 atom stereocenters. The highest BCUT2D eigenvalue weighted by Crippen LogP contribution is 2.40. The minimum Gasteiger partial charge on any atom is -0.494 e. The monoisotopic (exact) mass is 458 g/mol. The largest absolute Gasteiger partial charge is 0.636 e. The molecule has 34 heavy (non-hydrogen) atoms. The van der Waals surface area contributed by atoms with Gasteiger partial charge in [0.25, 0.3) is 0 Å². The van der Waals surface area contributed by atoms with Crippen LogP contribution in [0.3, 0.4) is 0 Å². The quantitative estimate of drug-likeness (QED) is 0.540. The predicted molar refractivity (Wildman–Crippen MR) is 124 cm³/mol. The summed E-state index contributed by atoms with van der Waals surface area (Å²) in [5, 5.41) is 0. The average molecular weight is 458 g/mol. The Labute approximate surface area is 197 Å². The van der Waals surface area contributed by atoms with Crippen LogP contribution in [0.15, 0.2) is 67.0 Å². The minimum absolute atomic E-state index is 0.0285. The fourth-order valence-electron chi connectivity index (χ4n) is 4.17. The molecule has 1 aliphatic heterocycles. The Morgan fingerprint density at radius 3 is 2.35 bits per heavy atom. The van der Waals surface area contributed by atoms with Crippen molar-refractivity contribution in [3.63, 3.8) is 0 Å². The first-order valence-corrected chi connectivity index (χ1v) is 11.1. The van der Waals surface area contributed by atoms with Crippen molar-refractivity contribution in [1.82, 2.24) is 9.88 Å². The van der Waals surface area contributed by atoms with Gasteiger partial charge in [-0.3, -0.25) is 19.5 Å². The molecule has 0 amide bonds. The topological polar surface area (TPSA) is 87.2 Å². The maximum Gasteiger partial charge on any atom is 0.636 e. The van der Waals surface area contributed by atoms with Crippen molar-refractivity contribution in [2.75, 3.05) is 20.1 Å². The average Bonchev–Trinajstić information content (AvgIpc) is 3.22. The molecule has 8 nitrogen and oxygen atoms in total. The Bertz CT molecular complexity index is 1170. The van der Waals surface area contributed by atoms with Gasteiger partial charge >= 0.3 is 19.1 Å². The second kappa shape index (κ2) is 9.57. The van der Waals surface area contributed by atoms with Crippen LogP contribution in [0.4, 0.5) is 0 Å². The highest BCUT2D eigenvalue weighted by Gasteiger charge is 2.34. The molecule has 1 aliphatic carbocycles. The number of hydrogen-bond donors (Lipinski definition) is 0. The lowest BCUT2D eigenvalue weighted by Crippen LogP contribution is -2.47. The molecular formula is C25H23BN2O6. The summed E-state index contributed by atoms with van der Waals surface area (Å²) >= 11 is 0. The van der Waals surface area contributed by atoms with Crippen molar-refractivity contribution < 1.29 is 28.4 Å². The van der Waals surface area contributed by atoms with Gasteiger partial charge in [0.2, 0.25) is 0 Å². The molecule has 1 unspecified atom stereocenters. The summed E-state index contributed by atoms with van der Waals surface area (Å²) in [6, 6.07) is 16.7. The lowest BCUT2D eigenvalue weighted by Gasteiger charge is -2.22. The molecule has 0 saturated carbocycles. The lowest BCUT2D eigenvalue weighted by molar-refractivity contribution is -0.145. The molecule has 2 aliphatic rings. The standard InChI is InChI=1S/C25H23BN2O6/c1-28-15-24(29)33-26(34-25(30)16-28)17-5-7-18(8-6-17)31-23-10-9-21-20(23)3-2-4-22(21)32-19-11-13-27-14-12-19/h2-8,11-14,23H,9-10,15-16H2,1H3. The van der Waals surface area contributed by atoms with E-state index in [1.165, 1.54) is 0 Å². The highest BCUT2D eigenvalue weighted by molar-refractivity contribution is 6.64. The number of ether oxygens (including phenoxy) is 2. The van der Waals surface area contributed by atoms with Gasteiger partial charge in [0.05, 0.1) is 13.1 Å². The fourth-order valence-corrected chi connectivity index (χ4v) is 4.17. The molecule has 1 saturated heterocycles. The van der Waals surface area contributed by atoms with Crippen LogP contribution in [-0.2, 0) is 25.3 Å². The molecule has 2 heterocycles. The van der Waals surface area contributed by atoms with Crippen LogP contribution in [0.5, 0.6) is 17.2 Å². The third kappa shape index (κ3) is 4.89. The summed E-state index contributed by atoms with van der Waals surface area (Å²) in [6.45, 7) is 0.0570. The molecule has 1 aromatic heterocycles. The predicted octanol–water partition coefficient (Wildman–Crippen LogP) is 2.67. The van der Waals surface area contributed by atoms with Gasteiger partial charge in [0, 0.05) is 23.4 Å². The Morgan fingerprint density at radius 2 is 1.65 bits per heavy atom. The fraction of sp³-hybridized carbons (Fsp3) is 0.240. The van der Waals surface area contributed by atoms with E-state index >= 15 is 0 Å². The SMILES string of the molecule is CN1CC(=O)OB(c2ccc(OC3CCc4c(Oc5ccncc5)cccc43)cc2)OC(=O)C1. The number of rotatable bonds is 5. The number of aromatic nitrogens is 1. The third-order valence-corrected chi connectivity index (χ3v) is 5.76. The van der Waals surface area contributed by atoms with E-state index in [-0.39, 0.29) is 19.2 Å². The second-order valence-corrected chi connectivity index (χ2v) is 8.31. The van der Waals surface area contributed by atoms with Gasteiger partial charge in [-0.2, -0.15) is 0 Å². The molecule has 3 aromatic rings. The number of carbonyl (C=O) groups is 2. The van der Waals surface area contributed by atoms with E-state index in [0.717, 1.165) is 35.5 Å². The van der Waals surface area contributed by atoms with E-state index in [1.807, 2.05) is 24.3 Å². The van der Waals surface area contributed by atoms with Crippen LogP contribution in [-0.4, -0.2) is 49.1 Å². The normalized spacial score (nSPS) is 18.4. The highest BCUT2D eigenvalue weighted by atomic mass is 16.6. The van der Waals surface area contributed by atoms with E-state index in [9.17, 15) is 9.59 Å². The zero-order chi connectivity index (χ0) is 23.5. The summed E-state index contributed by atoms with van der Waals surface area (Å²) < 4.78 is 23.0. The van der Waals surface area contributed by atoms with Gasteiger partial charge in [0.1, 0.15) is 23.4 Å². The molecule has 172 valence electrons. The molecular weight excluding hydrogens is 435 g/mol. The zero-order valence-electron chi connectivity index (χ0n) is 18.7. The van der Waals surface area contributed by atoms with Crippen molar-refractivity contribution in [3.05, 3.63) is 78.1 Å². The van der Waals surface area contributed by atoms with Crippen LogP contribution in [0.1, 0.15) is 23.7 Å². The number of carbonyl (C=O) groups excluding carboxylic acids is 2. The summed E-state index contributed by atoms with van der Waals surface area (Å²) in [4.78, 5) is 29.6. The second-order valence-electron chi connectivity index (χ2n) is 8.31. The number of hydrogen-bond acceptors (Lipinski definition) is 8. The number of benzene rings is 2. The molecule has 0 spiro atoms. The molecule has 0 bridgehead atoms. The number of pyridine rings is 1. The Kier molecular flexibility index (Phi) is 6.18. The maximum absolute atomic E-state index is 12.0. The molecule has 2 aromatic carbocycles. The van der Waals surface area contributed by atoms with Crippen molar-refractivity contribution in [3.8, 4) is 17.2 Å². The van der Waals surface area contributed by atoms with Crippen molar-refractivity contribution >= 4 is 24.5 Å². The molecule has 0 radical (unpaired) electrons. The summed E-state index contributed by atoms with van der Waals surface area (Å²) in [5.74, 6) is 1.33. The molecule has 5 rings (SSSR count). The van der Waals surface area contributed by atoms with E-state index in [0.29, 0.717) is 11.2 Å². The Balaban J connectivity index is 1.28. The van der Waals surface area contributed by atoms with Crippen molar-refractivity contribution in [1.29, 1.82) is 0 Å². The van der Waals surface area contributed by atoms with Gasteiger partial charge in [-0.05, 0) is 55.8 Å². The van der Waals surface area contributed by atoms with Crippen LogP contribution in [0, 0.1) is 0 Å². The maximum atomic E-state index is 12.0. The van der Waals surface area contributed by atoms with Gasteiger partial charge in [-0.15, -0.1) is 0 Å². The summed E-state index contributed by atoms with van der Waals surface area (Å²) in [5.41, 5.74) is 2.81. The first-order valence-electron chi connectivity index (χ1n) is 11.1. The van der Waals surface area contributed by atoms with E-state index in [4.69, 9.17) is 18.8 Å². The van der Waals surface area contributed by atoms with Crippen LogP contribution in [0.25, 0.3) is 0 Å². The number of fused-ring (bicyclic) bond motifs is 1. The summed E-state index contributed by atoms with van der Waals surface area (Å²) in [7, 11) is 0.590. The number of likely N-dealkylation sites (N-methyl/N-ethyl adjacent to an activating group) is 1. The van der Waals surface area contributed by atoms with Crippen LogP contribution in [0.2, 0.25) is 0 Å². The molecule has 9 heteroatoms. The van der Waals surface area contributed by atoms with Crippen molar-refractivity contribution in [2.45, 2.75) is 18.9 Å². The van der Waals surface area contributed by atoms with E-state index in [1.54, 1.807) is 48.6 Å². The van der Waals surface area contributed by atoms with Gasteiger partial charge in [-0.25, -0.2) is 0 Å². The van der Waals surface area contributed by atoms with Crippen LogP contribution >= 0.6 is 0 Å². The molecule has 1 fully saturated rings. The van der Waals surface area contributed by atoms with Gasteiger partial charge in [-0.1, -0.05) is 24.3 Å². The van der Waals surface area contributed by atoms with Crippen LogP contribution < -0.4 is 14.9 Å². The zero-order valence-corrected chi connectivity index (χ0v) is 18.7. The Morgan fingerprint density at radius 1 is 0.941 bits per heavy atom. The first kappa shape index (κ1) is 22.0. The lowest BCUT2D eigenvalue weighted by atomic mass is 9.78. The van der Waals surface area contributed by atoms with E-state index < -0.39 is 19.1 Å². The van der Waals surface area contributed by atoms with E-state index in [2.05, 4.69) is 11.1 Å². The van der Waals surface area contributed by atoms with Gasteiger partial charge < -0.3 is 18.8 Å². The third-order valence-electron chi connectivity index (χ3n) is 5.76. The Hall–Kier alpha value is -3.85. The minimum atomic E-state index is -1.07. The summed E-state index contributed by atoms with van der Waals surface area (Å²) in [6.07, 6.45) is 4.98. The number of nitrogens with zero attached hydrogens (tertiary/aromatic N) is 2. The first-order chi connectivity index (χ1) is 16.5. The smallest absolute Gasteiger partial charge is 0.494 e.